The van der Waals surface area contributed by atoms with Crippen molar-refractivity contribution in [3.8, 4) is 0 Å². The SMILES string of the molecule is Cc1cccc(C(Br)Cc2ccc(F)cc2F)c1Br. The molecule has 1 unspecified atom stereocenters. The van der Waals surface area contributed by atoms with Crippen LogP contribution in [0.4, 0.5) is 8.78 Å². The zero-order chi connectivity index (χ0) is 14.0. The van der Waals surface area contributed by atoms with Gasteiger partial charge < -0.3 is 0 Å². The summed E-state index contributed by atoms with van der Waals surface area (Å²) in [6.07, 6.45) is 0.466. The lowest BCUT2D eigenvalue weighted by Crippen LogP contribution is -2.00. The normalized spacial score (nSPS) is 12.5. The molecule has 0 radical (unpaired) electrons. The van der Waals surface area contributed by atoms with Crippen molar-refractivity contribution in [1.82, 2.24) is 0 Å². The van der Waals surface area contributed by atoms with Crippen molar-refractivity contribution in [2.24, 2.45) is 0 Å². The number of aryl methyl sites for hydroxylation is 1. The topological polar surface area (TPSA) is 0 Å². The number of rotatable bonds is 3. The Kier molecular flexibility index (Phi) is 4.74. The average molecular weight is 390 g/mol. The van der Waals surface area contributed by atoms with Crippen molar-refractivity contribution in [3.05, 3.63) is 69.2 Å². The highest BCUT2D eigenvalue weighted by molar-refractivity contribution is 9.11. The van der Waals surface area contributed by atoms with Crippen LogP contribution in [0.5, 0.6) is 0 Å². The molecule has 0 nitrogen and oxygen atoms in total. The molecule has 0 amide bonds. The molecule has 1 atom stereocenters. The molecule has 0 aromatic heterocycles. The van der Waals surface area contributed by atoms with Crippen molar-refractivity contribution >= 4 is 31.9 Å². The lowest BCUT2D eigenvalue weighted by molar-refractivity contribution is 0.571. The zero-order valence-electron chi connectivity index (χ0n) is 10.3. The third kappa shape index (κ3) is 3.42. The van der Waals surface area contributed by atoms with Gasteiger partial charge in [-0.3, -0.25) is 0 Å². The number of alkyl halides is 1. The molecule has 0 N–H and O–H groups in total. The summed E-state index contributed by atoms with van der Waals surface area (Å²) in [7, 11) is 0. The van der Waals surface area contributed by atoms with E-state index in [0.717, 1.165) is 21.7 Å². The molecule has 2 rings (SSSR count). The van der Waals surface area contributed by atoms with Crippen LogP contribution >= 0.6 is 31.9 Å². The fourth-order valence-electron chi connectivity index (χ4n) is 1.90. The monoisotopic (exact) mass is 388 g/mol. The molecule has 0 saturated heterocycles. The van der Waals surface area contributed by atoms with Crippen LogP contribution in [-0.4, -0.2) is 0 Å². The molecule has 0 saturated carbocycles. The van der Waals surface area contributed by atoms with Gasteiger partial charge in [-0.1, -0.05) is 56.1 Å². The van der Waals surface area contributed by atoms with Crippen LogP contribution in [0.2, 0.25) is 0 Å². The van der Waals surface area contributed by atoms with E-state index < -0.39 is 11.6 Å². The van der Waals surface area contributed by atoms with Gasteiger partial charge in [-0.05, 0) is 36.1 Å². The van der Waals surface area contributed by atoms with Gasteiger partial charge in [-0.2, -0.15) is 0 Å². The highest BCUT2D eigenvalue weighted by Gasteiger charge is 2.15. The number of halogens is 4. The van der Waals surface area contributed by atoms with Crippen LogP contribution in [0, 0.1) is 18.6 Å². The highest BCUT2D eigenvalue weighted by atomic mass is 79.9. The number of hydrogen-bond acceptors (Lipinski definition) is 0. The zero-order valence-corrected chi connectivity index (χ0v) is 13.4. The molecule has 0 heterocycles. The van der Waals surface area contributed by atoms with Crippen molar-refractivity contribution < 1.29 is 8.78 Å². The summed E-state index contributed by atoms with van der Waals surface area (Å²) < 4.78 is 27.5. The van der Waals surface area contributed by atoms with Gasteiger partial charge in [0.05, 0.1) is 0 Å². The molecule has 100 valence electrons. The smallest absolute Gasteiger partial charge is 0.129 e. The molecular weight excluding hydrogens is 378 g/mol. The second-order valence-corrected chi connectivity index (χ2v) is 6.28. The molecule has 0 bridgehead atoms. The van der Waals surface area contributed by atoms with Gasteiger partial charge in [0, 0.05) is 15.4 Å². The molecule has 2 aromatic carbocycles. The first kappa shape index (κ1) is 14.7. The van der Waals surface area contributed by atoms with Crippen molar-refractivity contribution in [3.63, 3.8) is 0 Å². The maximum absolute atomic E-state index is 13.6. The Morgan fingerprint density at radius 1 is 1.16 bits per heavy atom. The molecule has 19 heavy (non-hydrogen) atoms. The largest absolute Gasteiger partial charge is 0.207 e. The lowest BCUT2D eigenvalue weighted by Gasteiger charge is -2.14. The van der Waals surface area contributed by atoms with Crippen LogP contribution < -0.4 is 0 Å². The quantitative estimate of drug-likeness (QED) is 0.589. The van der Waals surface area contributed by atoms with Crippen LogP contribution in [0.1, 0.15) is 21.5 Å². The Hall–Kier alpha value is -0.740. The van der Waals surface area contributed by atoms with E-state index in [-0.39, 0.29) is 4.83 Å². The molecule has 4 heteroatoms. The molecule has 0 aliphatic rings. The first-order valence-corrected chi connectivity index (χ1v) is 7.53. The van der Waals surface area contributed by atoms with E-state index in [1.165, 1.54) is 12.1 Å². The molecule has 0 aliphatic heterocycles. The first-order valence-electron chi connectivity index (χ1n) is 5.82. The maximum atomic E-state index is 13.6. The standard InChI is InChI=1S/C15H12Br2F2/c1-9-3-2-4-12(15(9)17)13(16)7-10-5-6-11(18)8-14(10)19/h2-6,8,13H,7H2,1H3. The third-order valence-electron chi connectivity index (χ3n) is 2.97. The van der Waals surface area contributed by atoms with E-state index in [0.29, 0.717) is 12.0 Å². The predicted molar refractivity (Wildman–Crippen MR) is 80.6 cm³/mol. The summed E-state index contributed by atoms with van der Waals surface area (Å²) in [6, 6.07) is 9.64. The second-order valence-electron chi connectivity index (χ2n) is 4.39. The Bertz CT molecular complexity index is 597. The third-order valence-corrected chi connectivity index (χ3v) is 4.87. The van der Waals surface area contributed by atoms with Gasteiger partial charge in [0.2, 0.25) is 0 Å². The summed E-state index contributed by atoms with van der Waals surface area (Å²) in [5, 5.41) is 0. The highest BCUT2D eigenvalue weighted by Crippen LogP contribution is 2.34. The minimum atomic E-state index is -0.552. The average Bonchev–Trinajstić information content (AvgIpc) is 2.36. The van der Waals surface area contributed by atoms with Gasteiger partial charge in [0.25, 0.3) is 0 Å². The summed E-state index contributed by atoms with van der Waals surface area (Å²) >= 11 is 7.11. The van der Waals surface area contributed by atoms with Crippen LogP contribution in [0.25, 0.3) is 0 Å². The fourth-order valence-corrected chi connectivity index (χ4v) is 3.48. The molecule has 2 aromatic rings. The summed E-state index contributed by atoms with van der Waals surface area (Å²) in [5.74, 6) is -1.06. The minimum Gasteiger partial charge on any atom is -0.207 e. The fraction of sp³-hybridized carbons (Fsp3) is 0.200. The van der Waals surface area contributed by atoms with Gasteiger partial charge in [0.1, 0.15) is 11.6 Å². The lowest BCUT2D eigenvalue weighted by atomic mass is 10.0. The van der Waals surface area contributed by atoms with Crippen LogP contribution in [0.15, 0.2) is 40.9 Å². The Balaban J connectivity index is 2.25. The summed E-state index contributed by atoms with van der Waals surface area (Å²) in [5.41, 5.74) is 2.68. The van der Waals surface area contributed by atoms with E-state index in [9.17, 15) is 8.78 Å². The summed E-state index contributed by atoms with van der Waals surface area (Å²) in [6.45, 7) is 2.01. The maximum Gasteiger partial charge on any atom is 0.129 e. The van der Waals surface area contributed by atoms with E-state index in [4.69, 9.17) is 0 Å². The number of hydrogen-bond donors (Lipinski definition) is 0. The van der Waals surface area contributed by atoms with Crippen molar-refractivity contribution in [1.29, 1.82) is 0 Å². The minimum absolute atomic E-state index is 0.0262. The van der Waals surface area contributed by atoms with Crippen LogP contribution in [-0.2, 0) is 6.42 Å². The Morgan fingerprint density at radius 2 is 1.89 bits per heavy atom. The number of benzene rings is 2. The van der Waals surface area contributed by atoms with Crippen molar-refractivity contribution in [2.45, 2.75) is 18.2 Å². The molecule has 0 fully saturated rings. The molecule has 0 aliphatic carbocycles. The van der Waals surface area contributed by atoms with E-state index in [1.807, 2.05) is 25.1 Å². The molecule has 0 spiro atoms. The summed E-state index contributed by atoms with van der Waals surface area (Å²) in [4.78, 5) is -0.0262. The van der Waals surface area contributed by atoms with E-state index >= 15 is 0 Å². The van der Waals surface area contributed by atoms with Crippen molar-refractivity contribution in [2.75, 3.05) is 0 Å². The Morgan fingerprint density at radius 3 is 2.58 bits per heavy atom. The van der Waals surface area contributed by atoms with E-state index in [1.54, 1.807) is 0 Å². The van der Waals surface area contributed by atoms with Gasteiger partial charge in [-0.15, -0.1) is 0 Å². The van der Waals surface area contributed by atoms with Gasteiger partial charge >= 0.3 is 0 Å². The van der Waals surface area contributed by atoms with Gasteiger partial charge in [-0.25, -0.2) is 8.78 Å². The van der Waals surface area contributed by atoms with Crippen LogP contribution in [0.3, 0.4) is 0 Å². The predicted octanol–water partition coefficient (Wildman–Crippen LogP) is 5.71. The van der Waals surface area contributed by atoms with E-state index in [2.05, 4.69) is 31.9 Å². The Labute approximate surface area is 128 Å². The molecular formula is C15H12Br2F2. The van der Waals surface area contributed by atoms with Gasteiger partial charge in [0.15, 0.2) is 0 Å². The first-order chi connectivity index (χ1) is 8.99. The second kappa shape index (κ2) is 6.14.